The van der Waals surface area contributed by atoms with E-state index in [2.05, 4.69) is 24.2 Å². The van der Waals surface area contributed by atoms with Crippen molar-refractivity contribution in [1.29, 1.82) is 0 Å². The molecule has 0 amide bonds. The molecule has 0 aromatic carbocycles. The molecule has 1 fully saturated rings. The standard InChI is InChI=1S/C13H24N2/c1-10(2)11-6-3-4-7-12(11)15-13-8-5-9-14-13/h10-12H,3-9H2,1-2H3,(H,14,15). The zero-order valence-electron chi connectivity index (χ0n) is 10.1. The van der Waals surface area contributed by atoms with Gasteiger partial charge < -0.3 is 5.32 Å². The first kappa shape index (κ1) is 11.0. The summed E-state index contributed by atoms with van der Waals surface area (Å²) in [6, 6.07) is 0.704. The van der Waals surface area contributed by atoms with Crippen LogP contribution in [0.5, 0.6) is 0 Å². The molecule has 0 aromatic rings. The van der Waals surface area contributed by atoms with Crippen LogP contribution < -0.4 is 5.32 Å². The first-order valence-electron chi connectivity index (χ1n) is 6.57. The summed E-state index contributed by atoms with van der Waals surface area (Å²) in [5.41, 5.74) is 0. The highest BCUT2D eigenvalue weighted by Gasteiger charge is 2.28. The van der Waals surface area contributed by atoms with Crippen LogP contribution >= 0.6 is 0 Å². The highest BCUT2D eigenvalue weighted by molar-refractivity contribution is 5.83. The molecule has 1 saturated carbocycles. The summed E-state index contributed by atoms with van der Waals surface area (Å²) >= 11 is 0. The molecule has 1 heterocycles. The van der Waals surface area contributed by atoms with Crippen LogP contribution in [-0.2, 0) is 0 Å². The first-order valence-corrected chi connectivity index (χ1v) is 6.57. The van der Waals surface area contributed by atoms with Gasteiger partial charge in [0, 0.05) is 19.0 Å². The van der Waals surface area contributed by atoms with Crippen molar-refractivity contribution < 1.29 is 0 Å². The van der Waals surface area contributed by atoms with Crippen LogP contribution in [0.4, 0.5) is 0 Å². The lowest BCUT2D eigenvalue weighted by Crippen LogP contribution is -2.43. The van der Waals surface area contributed by atoms with Crippen molar-refractivity contribution in [2.45, 2.75) is 58.4 Å². The Hall–Kier alpha value is -0.530. The molecule has 2 nitrogen and oxygen atoms in total. The summed E-state index contributed by atoms with van der Waals surface area (Å²) in [7, 11) is 0. The highest BCUT2D eigenvalue weighted by Crippen LogP contribution is 2.30. The molecule has 2 atom stereocenters. The van der Waals surface area contributed by atoms with Gasteiger partial charge in [0.05, 0.1) is 5.84 Å². The fourth-order valence-electron chi connectivity index (χ4n) is 3.01. The molecule has 2 heteroatoms. The molecule has 1 aliphatic heterocycles. The minimum Gasteiger partial charge on any atom is -0.371 e. The van der Waals surface area contributed by atoms with Crippen molar-refractivity contribution in [3.63, 3.8) is 0 Å². The van der Waals surface area contributed by atoms with Gasteiger partial charge in [0.2, 0.25) is 0 Å². The van der Waals surface area contributed by atoms with E-state index >= 15 is 0 Å². The Kier molecular flexibility index (Phi) is 3.66. The first-order chi connectivity index (χ1) is 7.27. The number of aliphatic imine (C=N–C) groups is 1. The van der Waals surface area contributed by atoms with Crippen LogP contribution in [0.15, 0.2) is 4.99 Å². The zero-order chi connectivity index (χ0) is 10.7. The number of rotatable bonds is 2. The monoisotopic (exact) mass is 208 g/mol. The fourth-order valence-corrected chi connectivity index (χ4v) is 3.01. The Bertz CT molecular complexity index is 233. The molecule has 0 bridgehead atoms. The molecule has 1 aliphatic carbocycles. The third kappa shape index (κ3) is 2.73. The number of nitrogens with zero attached hydrogens (tertiary/aromatic N) is 1. The average Bonchev–Trinajstić information content (AvgIpc) is 2.71. The molecule has 2 rings (SSSR count). The van der Waals surface area contributed by atoms with Crippen molar-refractivity contribution in [1.82, 2.24) is 5.32 Å². The van der Waals surface area contributed by atoms with E-state index in [1.54, 1.807) is 0 Å². The van der Waals surface area contributed by atoms with Gasteiger partial charge in [-0.15, -0.1) is 0 Å². The molecule has 0 radical (unpaired) electrons. The lowest BCUT2D eigenvalue weighted by Gasteiger charge is -2.35. The number of hydrogen-bond donors (Lipinski definition) is 1. The van der Waals surface area contributed by atoms with Gasteiger partial charge in [-0.05, 0) is 31.1 Å². The largest absolute Gasteiger partial charge is 0.371 e. The van der Waals surface area contributed by atoms with E-state index in [-0.39, 0.29) is 0 Å². The van der Waals surface area contributed by atoms with Crippen LogP contribution in [0.2, 0.25) is 0 Å². The number of amidine groups is 1. The summed E-state index contributed by atoms with van der Waals surface area (Å²) in [5, 5.41) is 3.70. The number of nitrogens with one attached hydrogen (secondary N) is 1. The van der Waals surface area contributed by atoms with Gasteiger partial charge in [-0.25, -0.2) is 0 Å². The second-order valence-corrected chi connectivity index (χ2v) is 5.38. The molecule has 15 heavy (non-hydrogen) atoms. The van der Waals surface area contributed by atoms with Gasteiger partial charge in [0.25, 0.3) is 0 Å². The average molecular weight is 208 g/mol. The SMILES string of the molecule is CC(C)C1CCCCC1NC1=NCCC1. The summed E-state index contributed by atoms with van der Waals surface area (Å²) < 4.78 is 0. The summed E-state index contributed by atoms with van der Waals surface area (Å²) in [6.07, 6.45) is 8.01. The summed E-state index contributed by atoms with van der Waals surface area (Å²) in [6.45, 7) is 5.77. The molecule has 0 aromatic heterocycles. The minimum absolute atomic E-state index is 0.704. The van der Waals surface area contributed by atoms with Crippen LogP contribution in [0, 0.1) is 11.8 Å². The number of hydrogen-bond acceptors (Lipinski definition) is 2. The predicted octanol–water partition coefficient (Wildman–Crippen LogP) is 2.98. The lowest BCUT2D eigenvalue weighted by molar-refractivity contribution is 0.224. The Morgan fingerprint density at radius 2 is 2.00 bits per heavy atom. The van der Waals surface area contributed by atoms with E-state index < -0.39 is 0 Å². The van der Waals surface area contributed by atoms with Crippen molar-refractivity contribution in [2.24, 2.45) is 16.8 Å². The molecule has 0 spiro atoms. The minimum atomic E-state index is 0.704. The molecule has 86 valence electrons. The van der Waals surface area contributed by atoms with Crippen LogP contribution in [0.25, 0.3) is 0 Å². The molecule has 1 N–H and O–H groups in total. The van der Waals surface area contributed by atoms with Gasteiger partial charge in [-0.1, -0.05) is 26.7 Å². The molecule has 2 aliphatic rings. The molecular formula is C13H24N2. The molecule has 2 unspecified atom stereocenters. The molecule has 0 saturated heterocycles. The molecular weight excluding hydrogens is 184 g/mol. The van der Waals surface area contributed by atoms with E-state index in [1.807, 2.05) is 0 Å². The van der Waals surface area contributed by atoms with Gasteiger partial charge in [0.15, 0.2) is 0 Å². The Morgan fingerprint density at radius 3 is 2.67 bits per heavy atom. The fraction of sp³-hybridized carbons (Fsp3) is 0.923. The van der Waals surface area contributed by atoms with E-state index in [9.17, 15) is 0 Å². The predicted molar refractivity (Wildman–Crippen MR) is 65.3 cm³/mol. The maximum absolute atomic E-state index is 4.53. The Morgan fingerprint density at radius 1 is 1.20 bits per heavy atom. The van der Waals surface area contributed by atoms with Crippen LogP contribution in [0.1, 0.15) is 52.4 Å². The Labute approximate surface area is 93.6 Å². The van der Waals surface area contributed by atoms with E-state index in [4.69, 9.17) is 0 Å². The van der Waals surface area contributed by atoms with Gasteiger partial charge in [-0.2, -0.15) is 0 Å². The Balaban J connectivity index is 1.92. The normalized spacial score (nSPS) is 31.8. The summed E-state index contributed by atoms with van der Waals surface area (Å²) in [5.74, 6) is 2.96. The maximum Gasteiger partial charge on any atom is 0.0965 e. The van der Waals surface area contributed by atoms with Gasteiger partial charge >= 0.3 is 0 Å². The third-order valence-corrected chi connectivity index (χ3v) is 3.90. The van der Waals surface area contributed by atoms with Crippen LogP contribution in [0.3, 0.4) is 0 Å². The second kappa shape index (κ2) is 5.00. The van der Waals surface area contributed by atoms with E-state index in [1.165, 1.54) is 44.4 Å². The van der Waals surface area contributed by atoms with E-state index in [0.29, 0.717) is 6.04 Å². The quantitative estimate of drug-likeness (QED) is 0.741. The third-order valence-electron chi connectivity index (χ3n) is 3.90. The van der Waals surface area contributed by atoms with Gasteiger partial charge in [0.1, 0.15) is 0 Å². The van der Waals surface area contributed by atoms with Crippen molar-refractivity contribution in [2.75, 3.05) is 6.54 Å². The highest BCUT2D eigenvalue weighted by atomic mass is 15.0. The topological polar surface area (TPSA) is 24.4 Å². The maximum atomic E-state index is 4.53. The smallest absolute Gasteiger partial charge is 0.0965 e. The van der Waals surface area contributed by atoms with Crippen molar-refractivity contribution in [3.8, 4) is 0 Å². The van der Waals surface area contributed by atoms with Gasteiger partial charge in [-0.3, -0.25) is 4.99 Å². The summed E-state index contributed by atoms with van der Waals surface area (Å²) in [4.78, 5) is 4.53. The second-order valence-electron chi connectivity index (χ2n) is 5.38. The van der Waals surface area contributed by atoms with Crippen molar-refractivity contribution in [3.05, 3.63) is 0 Å². The van der Waals surface area contributed by atoms with Crippen LogP contribution in [-0.4, -0.2) is 18.4 Å². The zero-order valence-corrected chi connectivity index (χ0v) is 10.1. The lowest BCUT2D eigenvalue weighted by atomic mass is 9.78. The van der Waals surface area contributed by atoms with E-state index in [0.717, 1.165) is 18.4 Å². The van der Waals surface area contributed by atoms with Crippen molar-refractivity contribution >= 4 is 5.84 Å².